The number of carbonyl (C=O) groups excluding carboxylic acids is 1. The molecule has 0 bridgehead atoms. The lowest BCUT2D eigenvalue weighted by Gasteiger charge is -2.07. The van der Waals surface area contributed by atoms with Crippen molar-refractivity contribution >= 4 is 45.0 Å². The second-order valence-corrected chi connectivity index (χ2v) is 8.54. The summed E-state index contributed by atoms with van der Waals surface area (Å²) >= 11 is 11.9. The van der Waals surface area contributed by atoms with Gasteiger partial charge in [-0.3, -0.25) is 10.1 Å². The van der Waals surface area contributed by atoms with E-state index in [2.05, 4.69) is 15.5 Å². The normalized spacial score (nSPS) is 11.4. The molecule has 27 heavy (non-hydrogen) atoms. The molecule has 0 saturated heterocycles. The maximum atomic E-state index is 12.5. The molecular formula is C17H13Cl2N3O4S. The van der Waals surface area contributed by atoms with Crippen molar-refractivity contribution in [3.05, 3.63) is 58.1 Å². The molecule has 0 aliphatic heterocycles. The largest absolute Gasteiger partial charge is 0.403 e. The average molecular weight is 426 g/mol. The third-order valence-corrected chi connectivity index (χ3v) is 5.82. The van der Waals surface area contributed by atoms with Gasteiger partial charge in [0, 0.05) is 15.6 Å². The van der Waals surface area contributed by atoms with Crippen LogP contribution in [0.3, 0.4) is 0 Å². The SMILES string of the molecule is CCS(=O)(=O)c1ccccc1C(=O)Nc1nnc(-c2cc(Cl)cc(Cl)c2)o1. The number of anilines is 1. The Balaban J connectivity index is 1.88. The summed E-state index contributed by atoms with van der Waals surface area (Å²) in [6.45, 7) is 1.50. The first kappa shape index (κ1) is 19.3. The van der Waals surface area contributed by atoms with Crippen molar-refractivity contribution in [2.24, 2.45) is 0 Å². The van der Waals surface area contributed by atoms with Crippen LogP contribution < -0.4 is 5.32 Å². The number of rotatable bonds is 5. The maximum Gasteiger partial charge on any atom is 0.322 e. The highest BCUT2D eigenvalue weighted by Crippen LogP contribution is 2.27. The van der Waals surface area contributed by atoms with E-state index in [1.54, 1.807) is 30.3 Å². The van der Waals surface area contributed by atoms with E-state index in [1.807, 2.05) is 0 Å². The van der Waals surface area contributed by atoms with Gasteiger partial charge in [-0.15, -0.1) is 5.10 Å². The summed E-state index contributed by atoms with van der Waals surface area (Å²) in [5.74, 6) is -0.705. The zero-order valence-corrected chi connectivity index (χ0v) is 16.3. The van der Waals surface area contributed by atoms with E-state index in [9.17, 15) is 13.2 Å². The topological polar surface area (TPSA) is 102 Å². The zero-order valence-electron chi connectivity index (χ0n) is 13.9. The smallest absolute Gasteiger partial charge is 0.322 e. The fourth-order valence-electron chi connectivity index (χ4n) is 2.31. The Morgan fingerprint density at radius 1 is 1.11 bits per heavy atom. The molecule has 0 aliphatic carbocycles. The number of sulfone groups is 1. The van der Waals surface area contributed by atoms with E-state index in [1.165, 1.54) is 19.1 Å². The fraction of sp³-hybridized carbons (Fsp3) is 0.118. The molecule has 0 fully saturated rings. The molecule has 0 aliphatic rings. The monoisotopic (exact) mass is 425 g/mol. The molecular weight excluding hydrogens is 413 g/mol. The predicted molar refractivity (Wildman–Crippen MR) is 102 cm³/mol. The van der Waals surface area contributed by atoms with Crippen molar-refractivity contribution in [1.29, 1.82) is 0 Å². The van der Waals surface area contributed by atoms with Crippen molar-refractivity contribution in [3.8, 4) is 11.5 Å². The van der Waals surface area contributed by atoms with E-state index in [0.29, 0.717) is 15.6 Å². The van der Waals surface area contributed by atoms with Gasteiger partial charge in [0.05, 0.1) is 16.2 Å². The minimum absolute atomic E-state index is 0.00935. The van der Waals surface area contributed by atoms with E-state index >= 15 is 0 Å². The zero-order chi connectivity index (χ0) is 19.6. The lowest BCUT2D eigenvalue weighted by Crippen LogP contribution is -2.17. The molecule has 0 saturated carbocycles. The molecule has 1 amide bonds. The van der Waals surface area contributed by atoms with Gasteiger partial charge in [-0.1, -0.05) is 47.4 Å². The lowest BCUT2D eigenvalue weighted by molar-refractivity contribution is 0.102. The van der Waals surface area contributed by atoms with Gasteiger partial charge < -0.3 is 4.42 Å². The number of nitrogens with one attached hydrogen (secondary N) is 1. The second-order valence-electron chi connectivity index (χ2n) is 5.42. The molecule has 0 unspecified atom stereocenters. The number of halogens is 2. The summed E-state index contributed by atoms with van der Waals surface area (Å²) in [4.78, 5) is 12.4. The second kappa shape index (κ2) is 7.67. The highest BCUT2D eigenvalue weighted by Gasteiger charge is 2.22. The Hall–Kier alpha value is -2.42. The van der Waals surface area contributed by atoms with Crippen molar-refractivity contribution in [1.82, 2.24) is 10.2 Å². The number of carbonyl (C=O) groups is 1. The van der Waals surface area contributed by atoms with Crippen molar-refractivity contribution < 1.29 is 17.6 Å². The van der Waals surface area contributed by atoms with Crippen LogP contribution in [0, 0.1) is 0 Å². The summed E-state index contributed by atoms with van der Waals surface area (Å²) in [6.07, 6.45) is 0. The first-order valence-electron chi connectivity index (χ1n) is 7.73. The Morgan fingerprint density at radius 2 is 1.78 bits per heavy atom. The van der Waals surface area contributed by atoms with Crippen molar-refractivity contribution in [3.63, 3.8) is 0 Å². The van der Waals surface area contributed by atoms with Gasteiger partial charge in [-0.05, 0) is 30.3 Å². The Bertz CT molecular complexity index is 1090. The molecule has 0 radical (unpaired) electrons. The van der Waals surface area contributed by atoms with Crippen molar-refractivity contribution in [2.75, 3.05) is 11.1 Å². The third-order valence-electron chi connectivity index (χ3n) is 3.60. The van der Waals surface area contributed by atoms with Crippen LogP contribution in [0.5, 0.6) is 0 Å². The van der Waals surface area contributed by atoms with Crippen LogP contribution in [-0.2, 0) is 9.84 Å². The Labute approximate surface area is 165 Å². The fourth-order valence-corrected chi connectivity index (χ4v) is 3.93. The molecule has 140 valence electrons. The number of benzene rings is 2. The Kier molecular flexibility index (Phi) is 5.50. The molecule has 1 heterocycles. The van der Waals surface area contributed by atoms with E-state index in [-0.39, 0.29) is 28.1 Å². The molecule has 7 nitrogen and oxygen atoms in total. The summed E-state index contributed by atoms with van der Waals surface area (Å²) in [5, 5.41) is 10.8. The van der Waals surface area contributed by atoms with Gasteiger partial charge in [0.15, 0.2) is 9.84 Å². The van der Waals surface area contributed by atoms with Crippen LogP contribution >= 0.6 is 23.2 Å². The van der Waals surface area contributed by atoms with Crippen LogP contribution in [0.15, 0.2) is 51.8 Å². The first-order valence-corrected chi connectivity index (χ1v) is 10.1. The standard InChI is InChI=1S/C17H13Cl2N3O4S/c1-2-27(24,25)14-6-4-3-5-13(14)15(23)20-17-22-21-16(26-17)10-7-11(18)9-12(19)8-10/h3-9H,2H2,1H3,(H,20,22,23). The molecule has 3 aromatic rings. The summed E-state index contributed by atoms with van der Waals surface area (Å²) in [7, 11) is -3.57. The number of hydrogen-bond donors (Lipinski definition) is 1. The van der Waals surface area contributed by atoms with Gasteiger partial charge in [-0.25, -0.2) is 8.42 Å². The third kappa shape index (κ3) is 4.29. The minimum Gasteiger partial charge on any atom is -0.403 e. The first-order chi connectivity index (χ1) is 12.8. The van der Waals surface area contributed by atoms with E-state index < -0.39 is 15.7 Å². The molecule has 3 rings (SSSR count). The van der Waals surface area contributed by atoms with Crippen LogP contribution in [0.2, 0.25) is 10.0 Å². The highest BCUT2D eigenvalue weighted by atomic mass is 35.5. The number of hydrogen-bond acceptors (Lipinski definition) is 6. The minimum atomic E-state index is -3.57. The van der Waals surface area contributed by atoms with Gasteiger partial charge in [0.2, 0.25) is 5.89 Å². The lowest BCUT2D eigenvalue weighted by atomic mass is 10.2. The molecule has 0 spiro atoms. The highest BCUT2D eigenvalue weighted by molar-refractivity contribution is 7.91. The summed E-state index contributed by atoms with van der Waals surface area (Å²) in [6, 6.07) is 10.4. The average Bonchev–Trinajstić information content (AvgIpc) is 3.09. The van der Waals surface area contributed by atoms with Crippen LogP contribution in [0.4, 0.5) is 6.01 Å². The Morgan fingerprint density at radius 3 is 2.44 bits per heavy atom. The molecule has 2 aromatic carbocycles. The quantitative estimate of drug-likeness (QED) is 0.660. The maximum absolute atomic E-state index is 12.5. The number of amides is 1. The van der Waals surface area contributed by atoms with Crippen LogP contribution in [0.1, 0.15) is 17.3 Å². The summed E-state index contributed by atoms with van der Waals surface area (Å²) < 4.78 is 29.8. The summed E-state index contributed by atoms with van der Waals surface area (Å²) in [5.41, 5.74) is 0.472. The number of nitrogens with zero attached hydrogens (tertiary/aromatic N) is 2. The van der Waals surface area contributed by atoms with Gasteiger partial charge in [-0.2, -0.15) is 0 Å². The molecule has 0 atom stereocenters. The molecule has 10 heteroatoms. The number of aromatic nitrogens is 2. The molecule has 1 N–H and O–H groups in total. The van der Waals surface area contributed by atoms with Gasteiger partial charge >= 0.3 is 6.01 Å². The van der Waals surface area contributed by atoms with Gasteiger partial charge in [0.1, 0.15) is 0 Å². The van der Waals surface area contributed by atoms with E-state index in [0.717, 1.165) is 0 Å². The van der Waals surface area contributed by atoms with Crippen LogP contribution in [-0.4, -0.2) is 30.3 Å². The van der Waals surface area contributed by atoms with E-state index in [4.69, 9.17) is 27.6 Å². The van der Waals surface area contributed by atoms with Crippen LogP contribution in [0.25, 0.3) is 11.5 Å². The van der Waals surface area contributed by atoms with Gasteiger partial charge in [0.25, 0.3) is 5.91 Å². The predicted octanol–water partition coefficient (Wildman–Crippen LogP) is 4.09. The molecule has 1 aromatic heterocycles. The van der Waals surface area contributed by atoms with Crippen molar-refractivity contribution in [2.45, 2.75) is 11.8 Å².